The van der Waals surface area contributed by atoms with Gasteiger partial charge in [0.15, 0.2) is 0 Å². The number of nitrogens with zero attached hydrogens (tertiary/aromatic N) is 1. The molecule has 0 radical (unpaired) electrons. The predicted octanol–water partition coefficient (Wildman–Crippen LogP) is 22.8. The molecule has 10 heteroatoms. The highest BCUT2D eigenvalue weighted by molar-refractivity contribution is 7.45. The summed E-state index contributed by atoms with van der Waals surface area (Å²) in [6.45, 7) is 6.81. The maximum absolute atomic E-state index is 13.6. The van der Waals surface area contributed by atoms with Crippen LogP contribution in [-0.4, -0.2) is 69.4 Å². The van der Waals surface area contributed by atoms with E-state index in [2.05, 4.69) is 111 Å². The predicted molar refractivity (Wildman–Crippen MR) is 376 cm³/mol. The number of ether oxygens (including phenoxy) is 1. The number of likely N-dealkylation sites (N-methyl/N-ethyl adjacent to an activating group) is 1. The van der Waals surface area contributed by atoms with E-state index in [1.807, 2.05) is 33.3 Å². The van der Waals surface area contributed by atoms with Crippen molar-refractivity contribution in [3.05, 3.63) is 97.2 Å². The number of unbranched alkanes of at least 4 members (excludes halogenated alkanes) is 36. The number of hydrogen-bond acceptors (Lipinski definition) is 7. The first-order valence-corrected chi connectivity index (χ1v) is 38.0. The first kappa shape index (κ1) is 83.9. The number of rotatable bonds is 66. The van der Waals surface area contributed by atoms with Crippen LogP contribution in [0.1, 0.15) is 329 Å². The SMILES string of the molecule is CCCCC/C=C\C/C=C\C/C=C\C/C=C\CCCCCCCCCCCC(=O)NC(COP(=O)([O-])OCC[N+](C)(C)C)C(/C=C/CCCCCCCCCCCCC)OC(=O)CCCCCCCCCCCC/C=C\C/C=C\C/C=C\CCCCC. The fourth-order valence-electron chi connectivity index (χ4n) is 10.3. The van der Waals surface area contributed by atoms with Gasteiger partial charge < -0.3 is 28.5 Å². The second-order valence-corrected chi connectivity index (χ2v) is 27.1. The Labute approximate surface area is 538 Å². The van der Waals surface area contributed by atoms with E-state index in [1.165, 1.54) is 180 Å². The summed E-state index contributed by atoms with van der Waals surface area (Å²) < 4.78 is 30.5. The van der Waals surface area contributed by atoms with Crippen LogP contribution in [0.25, 0.3) is 0 Å². The number of nitrogens with one attached hydrogen (secondary N) is 1. The highest BCUT2D eigenvalue weighted by atomic mass is 31.2. The molecule has 0 aromatic rings. The van der Waals surface area contributed by atoms with Crippen molar-refractivity contribution >= 4 is 19.7 Å². The van der Waals surface area contributed by atoms with Crippen LogP contribution in [-0.2, 0) is 27.9 Å². The number of carbonyl (C=O) groups excluding carboxylic acids is 2. The van der Waals surface area contributed by atoms with E-state index in [0.717, 1.165) is 116 Å². The Kier molecular flexibility index (Phi) is 63.5. The smallest absolute Gasteiger partial charge is 0.306 e. The maximum Gasteiger partial charge on any atom is 0.306 e. The molecular weight excluding hydrogens is 1100 g/mol. The molecule has 0 aliphatic carbocycles. The third kappa shape index (κ3) is 67.2. The lowest BCUT2D eigenvalue weighted by Gasteiger charge is -2.30. The van der Waals surface area contributed by atoms with E-state index < -0.39 is 26.6 Å². The number of amides is 1. The molecule has 9 nitrogen and oxygen atoms in total. The van der Waals surface area contributed by atoms with Gasteiger partial charge in [-0.25, -0.2) is 0 Å². The van der Waals surface area contributed by atoms with Gasteiger partial charge in [0.1, 0.15) is 19.3 Å². The fourth-order valence-corrected chi connectivity index (χ4v) is 11.1. The number of phosphoric acid groups is 1. The van der Waals surface area contributed by atoms with Crippen LogP contribution in [0.2, 0.25) is 0 Å². The Bertz CT molecular complexity index is 1810. The van der Waals surface area contributed by atoms with Gasteiger partial charge in [-0.1, -0.05) is 298 Å². The summed E-state index contributed by atoms with van der Waals surface area (Å²) in [7, 11) is 1.18. The average Bonchev–Trinajstić information content (AvgIpc) is 3.70. The molecule has 0 aromatic carbocycles. The van der Waals surface area contributed by atoms with Crippen LogP contribution in [0, 0.1) is 0 Å². The molecule has 3 atom stereocenters. The topological polar surface area (TPSA) is 114 Å². The van der Waals surface area contributed by atoms with Crippen LogP contribution in [0.3, 0.4) is 0 Å². The summed E-state index contributed by atoms with van der Waals surface area (Å²) in [5.74, 6) is -0.547. The van der Waals surface area contributed by atoms with E-state index in [9.17, 15) is 19.0 Å². The molecule has 504 valence electrons. The summed E-state index contributed by atoms with van der Waals surface area (Å²) >= 11 is 0. The standard InChI is InChI=1S/C77H139N2O7P/c1-7-10-13-16-19-22-25-28-30-32-34-36-38-39-41-42-44-46-48-51-54-57-60-63-66-69-76(80)78-74(73-85-87(82,83)84-72-71-79(4,5)6)75(68-65-62-59-56-53-50-27-24-21-18-15-12-9-3)86-77(81)70-67-64-61-58-55-52-49-47-45-43-40-37-35-33-31-29-26-23-20-17-14-11-8-2/h19-20,22-23,28-31,34-37,39,41,65,68,74-75H,7-18,21,24-27,32-33,38,40,42-64,66-67,69-73H2,1-6H3,(H-,78,80,82,83)/b22-19-,23-20-,30-28-,31-29-,36-34-,37-35-,41-39-,68-65+. The van der Waals surface area contributed by atoms with Crippen LogP contribution >= 0.6 is 7.82 Å². The second-order valence-electron chi connectivity index (χ2n) is 25.7. The van der Waals surface area contributed by atoms with Crippen LogP contribution in [0.15, 0.2) is 97.2 Å². The van der Waals surface area contributed by atoms with E-state index in [4.69, 9.17) is 13.8 Å². The first-order valence-electron chi connectivity index (χ1n) is 36.5. The minimum Gasteiger partial charge on any atom is -0.756 e. The monoisotopic (exact) mass is 1240 g/mol. The zero-order chi connectivity index (χ0) is 63.5. The molecule has 1 amide bonds. The number of carbonyl (C=O) groups is 2. The second kappa shape index (κ2) is 65.9. The number of esters is 1. The molecule has 0 heterocycles. The molecule has 0 spiro atoms. The summed E-state index contributed by atoms with van der Waals surface area (Å²) in [6, 6.07) is -0.900. The number of allylic oxidation sites excluding steroid dienone is 15. The average molecular weight is 1240 g/mol. The van der Waals surface area contributed by atoms with Gasteiger partial charge in [0.05, 0.1) is 33.8 Å². The minimum atomic E-state index is -4.71. The molecule has 0 rings (SSSR count). The molecule has 0 aromatic heterocycles. The maximum atomic E-state index is 13.6. The van der Waals surface area contributed by atoms with Crippen LogP contribution in [0.5, 0.6) is 0 Å². The summed E-state index contributed by atoms with van der Waals surface area (Å²) in [4.78, 5) is 40.3. The molecule has 0 aliphatic rings. The van der Waals surface area contributed by atoms with Crippen LogP contribution < -0.4 is 10.2 Å². The Balaban J connectivity index is 5.12. The highest BCUT2D eigenvalue weighted by Crippen LogP contribution is 2.38. The highest BCUT2D eigenvalue weighted by Gasteiger charge is 2.27. The molecule has 0 fully saturated rings. The van der Waals surface area contributed by atoms with Gasteiger partial charge in [0, 0.05) is 12.8 Å². The van der Waals surface area contributed by atoms with Crippen molar-refractivity contribution in [3.8, 4) is 0 Å². The molecule has 0 aliphatic heterocycles. The van der Waals surface area contributed by atoms with Gasteiger partial charge in [-0.15, -0.1) is 0 Å². The molecule has 0 saturated carbocycles. The lowest BCUT2D eigenvalue weighted by Crippen LogP contribution is -2.47. The normalized spacial score (nSPS) is 14.1. The lowest BCUT2D eigenvalue weighted by molar-refractivity contribution is -0.870. The van der Waals surface area contributed by atoms with E-state index in [-0.39, 0.29) is 24.9 Å². The first-order chi connectivity index (χ1) is 42.4. The van der Waals surface area contributed by atoms with E-state index in [1.54, 1.807) is 0 Å². The van der Waals surface area contributed by atoms with Crippen molar-refractivity contribution in [3.63, 3.8) is 0 Å². The summed E-state index contributed by atoms with van der Waals surface area (Å²) in [5, 5.41) is 3.04. The van der Waals surface area contributed by atoms with E-state index >= 15 is 0 Å². The van der Waals surface area contributed by atoms with Gasteiger partial charge in [0.2, 0.25) is 5.91 Å². The number of phosphoric ester groups is 1. The number of quaternary nitrogens is 1. The molecule has 1 N–H and O–H groups in total. The molecule has 0 saturated heterocycles. The van der Waals surface area contributed by atoms with Gasteiger partial charge in [-0.2, -0.15) is 0 Å². The molecule has 87 heavy (non-hydrogen) atoms. The van der Waals surface area contributed by atoms with Crippen molar-refractivity contribution < 1.29 is 37.3 Å². The van der Waals surface area contributed by atoms with E-state index in [0.29, 0.717) is 17.4 Å². The summed E-state index contributed by atoms with van der Waals surface area (Å²) in [6.07, 6.45) is 89.5. The molecule has 0 bridgehead atoms. The largest absolute Gasteiger partial charge is 0.756 e. The zero-order valence-corrected chi connectivity index (χ0v) is 58.6. The van der Waals surface area contributed by atoms with Gasteiger partial charge in [-0.3, -0.25) is 14.2 Å². The van der Waals surface area contributed by atoms with Crippen LogP contribution in [0.4, 0.5) is 0 Å². The quantitative estimate of drug-likeness (QED) is 0.0212. The molecule has 3 unspecified atom stereocenters. The third-order valence-electron chi connectivity index (χ3n) is 16.0. The Morgan fingerprint density at radius 3 is 1.07 bits per heavy atom. The van der Waals surface area contributed by atoms with Gasteiger partial charge in [0.25, 0.3) is 7.82 Å². The summed E-state index contributed by atoms with van der Waals surface area (Å²) in [5.41, 5.74) is 0. The van der Waals surface area contributed by atoms with Gasteiger partial charge in [-0.05, 0) is 115 Å². The minimum absolute atomic E-state index is 0.0277. The van der Waals surface area contributed by atoms with Crippen molar-refractivity contribution in [2.75, 3.05) is 40.9 Å². The third-order valence-corrected chi connectivity index (χ3v) is 17.0. The lowest BCUT2D eigenvalue weighted by atomic mass is 10.0. The Hall–Kier alpha value is -3.07. The van der Waals surface area contributed by atoms with Crippen molar-refractivity contribution in [2.45, 2.75) is 341 Å². The Morgan fingerprint density at radius 2 is 0.701 bits per heavy atom. The number of hydrogen-bond donors (Lipinski definition) is 1. The Morgan fingerprint density at radius 1 is 0.402 bits per heavy atom. The zero-order valence-electron chi connectivity index (χ0n) is 57.7. The van der Waals surface area contributed by atoms with Gasteiger partial charge >= 0.3 is 5.97 Å². The van der Waals surface area contributed by atoms with Crippen molar-refractivity contribution in [1.29, 1.82) is 0 Å². The van der Waals surface area contributed by atoms with Crippen molar-refractivity contribution in [2.24, 2.45) is 0 Å². The fraction of sp³-hybridized carbons (Fsp3) is 0.766. The van der Waals surface area contributed by atoms with Crippen molar-refractivity contribution in [1.82, 2.24) is 5.32 Å². The molecular formula is C77H139N2O7P.